The van der Waals surface area contributed by atoms with E-state index in [-0.39, 0.29) is 0 Å². The van der Waals surface area contributed by atoms with Crippen LogP contribution in [0, 0.1) is 0 Å². The fourth-order valence-corrected chi connectivity index (χ4v) is 2.56. The van der Waals surface area contributed by atoms with Crippen LogP contribution in [0.1, 0.15) is 18.1 Å². The normalized spacial score (nSPS) is 12.4. The highest BCUT2D eigenvalue weighted by Crippen LogP contribution is 2.22. The van der Waals surface area contributed by atoms with Crippen LogP contribution in [0.2, 0.25) is 15.1 Å². The quantitative estimate of drug-likeness (QED) is 0.778. The van der Waals surface area contributed by atoms with Crippen molar-refractivity contribution in [2.45, 2.75) is 25.9 Å². The van der Waals surface area contributed by atoms with Crippen molar-refractivity contribution in [3.63, 3.8) is 0 Å². The van der Waals surface area contributed by atoms with E-state index in [2.05, 4.69) is 18.3 Å². The molecule has 2 rings (SSSR count). The molecule has 2 aromatic rings. The van der Waals surface area contributed by atoms with E-state index >= 15 is 0 Å². The molecule has 0 fully saturated rings. The molecule has 0 heterocycles. The van der Waals surface area contributed by atoms with Gasteiger partial charge in [-0.15, -0.1) is 0 Å². The van der Waals surface area contributed by atoms with E-state index in [1.54, 1.807) is 0 Å². The number of hydrogen-bond acceptors (Lipinski definition) is 1. The molecule has 1 nitrogen and oxygen atoms in total. The summed E-state index contributed by atoms with van der Waals surface area (Å²) in [5, 5.41) is 5.42. The summed E-state index contributed by atoms with van der Waals surface area (Å²) in [6.45, 7) is 2.91. The lowest BCUT2D eigenvalue weighted by Crippen LogP contribution is -2.27. The lowest BCUT2D eigenvalue weighted by molar-refractivity contribution is 0.545. The highest BCUT2D eigenvalue weighted by atomic mass is 35.5. The van der Waals surface area contributed by atoms with Gasteiger partial charge in [0.05, 0.1) is 10.0 Å². The third kappa shape index (κ3) is 4.68. The van der Waals surface area contributed by atoms with Crippen LogP contribution in [0.3, 0.4) is 0 Å². The molecule has 20 heavy (non-hydrogen) atoms. The average molecular weight is 329 g/mol. The van der Waals surface area contributed by atoms with Crippen molar-refractivity contribution >= 4 is 34.8 Å². The second kappa shape index (κ2) is 7.33. The maximum absolute atomic E-state index is 6.00. The Labute approximate surface area is 134 Å². The molecule has 0 saturated heterocycles. The highest BCUT2D eigenvalue weighted by molar-refractivity contribution is 6.42. The van der Waals surface area contributed by atoms with Crippen LogP contribution in [0.5, 0.6) is 0 Å². The SMILES string of the molecule is CC(Cc1cccc(Cl)c1)NCc1ccc(Cl)c(Cl)c1. The number of nitrogens with one attached hydrogen (secondary N) is 1. The molecular weight excluding hydrogens is 313 g/mol. The third-order valence-electron chi connectivity index (χ3n) is 3.07. The van der Waals surface area contributed by atoms with Crippen molar-refractivity contribution in [3.8, 4) is 0 Å². The first-order chi connectivity index (χ1) is 9.54. The first kappa shape index (κ1) is 15.7. The summed E-state index contributed by atoms with van der Waals surface area (Å²) in [4.78, 5) is 0. The molecule has 0 bridgehead atoms. The van der Waals surface area contributed by atoms with Gasteiger partial charge in [-0.25, -0.2) is 0 Å². The third-order valence-corrected chi connectivity index (χ3v) is 4.04. The minimum absolute atomic E-state index is 0.350. The first-order valence-corrected chi connectivity index (χ1v) is 7.60. The van der Waals surface area contributed by atoms with Crippen LogP contribution in [0.4, 0.5) is 0 Å². The van der Waals surface area contributed by atoms with E-state index in [0.29, 0.717) is 16.1 Å². The summed E-state index contributed by atoms with van der Waals surface area (Å²) in [6.07, 6.45) is 0.932. The summed E-state index contributed by atoms with van der Waals surface area (Å²) in [5.74, 6) is 0. The van der Waals surface area contributed by atoms with Crippen molar-refractivity contribution in [3.05, 3.63) is 68.7 Å². The molecule has 0 spiro atoms. The van der Waals surface area contributed by atoms with Crippen molar-refractivity contribution in [2.24, 2.45) is 0 Å². The van der Waals surface area contributed by atoms with Crippen molar-refractivity contribution in [2.75, 3.05) is 0 Å². The monoisotopic (exact) mass is 327 g/mol. The van der Waals surface area contributed by atoms with Crippen molar-refractivity contribution in [1.29, 1.82) is 0 Å². The van der Waals surface area contributed by atoms with Crippen molar-refractivity contribution < 1.29 is 0 Å². The summed E-state index contributed by atoms with van der Waals surface area (Å²) >= 11 is 17.9. The molecule has 106 valence electrons. The zero-order valence-corrected chi connectivity index (χ0v) is 13.4. The maximum Gasteiger partial charge on any atom is 0.0595 e. The van der Waals surface area contributed by atoms with Crippen LogP contribution < -0.4 is 5.32 Å². The lowest BCUT2D eigenvalue weighted by atomic mass is 10.1. The minimum atomic E-state index is 0.350. The standard InChI is InChI=1S/C16H16Cl3N/c1-11(7-12-3-2-4-14(17)8-12)20-10-13-5-6-15(18)16(19)9-13/h2-6,8-9,11,20H,7,10H2,1H3. The van der Waals surface area contributed by atoms with Crippen LogP contribution in [0.15, 0.2) is 42.5 Å². The molecule has 0 aliphatic rings. The molecule has 2 aromatic carbocycles. The fraction of sp³-hybridized carbons (Fsp3) is 0.250. The van der Waals surface area contributed by atoms with Gasteiger partial charge in [0.2, 0.25) is 0 Å². The Balaban J connectivity index is 1.88. The Bertz CT molecular complexity index is 584. The largest absolute Gasteiger partial charge is 0.310 e. The molecule has 0 radical (unpaired) electrons. The molecule has 0 saturated carbocycles. The zero-order chi connectivity index (χ0) is 14.5. The van der Waals surface area contributed by atoms with Crippen LogP contribution in [-0.4, -0.2) is 6.04 Å². The Hall–Kier alpha value is -0.730. The molecule has 0 aliphatic carbocycles. The van der Waals surface area contributed by atoms with Gasteiger partial charge in [0.25, 0.3) is 0 Å². The molecule has 1 N–H and O–H groups in total. The first-order valence-electron chi connectivity index (χ1n) is 6.46. The lowest BCUT2D eigenvalue weighted by Gasteiger charge is -2.14. The molecule has 0 aliphatic heterocycles. The fourth-order valence-electron chi connectivity index (χ4n) is 2.03. The smallest absolute Gasteiger partial charge is 0.0595 e. The maximum atomic E-state index is 6.00. The van der Waals surface area contributed by atoms with E-state index in [9.17, 15) is 0 Å². The van der Waals surface area contributed by atoms with Crippen LogP contribution >= 0.6 is 34.8 Å². The summed E-state index contributed by atoms with van der Waals surface area (Å²) in [7, 11) is 0. The van der Waals surface area contributed by atoms with Gasteiger partial charge in [0.15, 0.2) is 0 Å². The molecule has 1 atom stereocenters. The van der Waals surface area contributed by atoms with Gasteiger partial charge in [0, 0.05) is 17.6 Å². The van der Waals surface area contributed by atoms with E-state index in [1.165, 1.54) is 5.56 Å². The minimum Gasteiger partial charge on any atom is -0.310 e. The van der Waals surface area contributed by atoms with Gasteiger partial charge in [-0.3, -0.25) is 0 Å². The molecule has 1 unspecified atom stereocenters. The Kier molecular flexibility index (Phi) is 5.74. The number of benzene rings is 2. The van der Waals surface area contributed by atoms with Crippen LogP contribution in [-0.2, 0) is 13.0 Å². The second-order valence-electron chi connectivity index (χ2n) is 4.86. The van der Waals surface area contributed by atoms with E-state index in [0.717, 1.165) is 23.6 Å². The summed E-state index contributed by atoms with van der Waals surface area (Å²) in [5.41, 5.74) is 2.35. The van der Waals surface area contributed by atoms with Gasteiger partial charge in [-0.05, 0) is 48.7 Å². The van der Waals surface area contributed by atoms with E-state index in [4.69, 9.17) is 34.8 Å². The molecule has 0 aromatic heterocycles. The summed E-state index contributed by atoms with van der Waals surface area (Å²) in [6, 6.07) is 14.0. The number of halogens is 3. The topological polar surface area (TPSA) is 12.0 Å². The molecule has 4 heteroatoms. The summed E-state index contributed by atoms with van der Waals surface area (Å²) < 4.78 is 0. The van der Waals surface area contributed by atoms with Gasteiger partial charge in [-0.2, -0.15) is 0 Å². The van der Waals surface area contributed by atoms with Crippen molar-refractivity contribution in [1.82, 2.24) is 5.32 Å². The predicted octanol–water partition coefficient (Wildman–Crippen LogP) is 5.37. The van der Waals surface area contributed by atoms with Gasteiger partial charge in [-0.1, -0.05) is 53.0 Å². The Morgan fingerprint density at radius 3 is 2.45 bits per heavy atom. The Morgan fingerprint density at radius 2 is 1.75 bits per heavy atom. The van der Waals surface area contributed by atoms with E-state index < -0.39 is 0 Å². The van der Waals surface area contributed by atoms with Crippen LogP contribution in [0.25, 0.3) is 0 Å². The highest BCUT2D eigenvalue weighted by Gasteiger charge is 2.05. The van der Waals surface area contributed by atoms with Gasteiger partial charge in [0.1, 0.15) is 0 Å². The number of rotatable bonds is 5. The predicted molar refractivity (Wildman–Crippen MR) is 87.9 cm³/mol. The number of hydrogen-bond donors (Lipinski definition) is 1. The molecular formula is C16H16Cl3N. The second-order valence-corrected chi connectivity index (χ2v) is 6.12. The average Bonchev–Trinajstić information content (AvgIpc) is 2.40. The molecule has 0 amide bonds. The zero-order valence-electron chi connectivity index (χ0n) is 11.2. The van der Waals surface area contributed by atoms with Gasteiger partial charge >= 0.3 is 0 Å². The van der Waals surface area contributed by atoms with Gasteiger partial charge < -0.3 is 5.32 Å². The van der Waals surface area contributed by atoms with E-state index in [1.807, 2.05) is 36.4 Å². The Morgan fingerprint density at radius 1 is 0.950 bits per heavy atom.